The molecule has 1 heterocycles. The lowest BCUT2D eigenvalue weighted by atomic mass is 9.99. The number of rotatable bonds is 8. The Hall–Kier alpha value is -1.50. The second kappa shape index (κ2) is 8.25. The number of aliphatic hydroxyl groups is 1. The summed E-state index contributed by atoms with van der Waals surface area (Å²) in [6.45, 7) is 5.95. The van der Waals surface area contributed by atoms with Gasteiger partial charge in [-0.05, 0) is 43.9 Å². The van der Waals surface area contributed by atoms with Crippen molar-refractivity contribution < 1.29 is 18.3 Å². The Morgan fingerprint density at radius 2 is 1.84 bits per heavy atom. The van der Waals surface area contributed by atoms with Crippen molar-refractivity contribution in [2.75, 3.05) is 13.1 Å². The van der Waals surface area contributed by atoms with Crippen molar-refractivity contribution in [3.8, 4) is 0 Å². The van der Waals surface area contributed by atoms with Gasteiger partial charge in [0.15, 0.2) is 5.78 Å². The number of hydrogen-bond donors (Lipinski definition) is 1. The Bertz CT molecular complexity index is 750. The van der Waals surface area contributed by atoms with Gasteiger partial charge in [-0.1, -0.05) is 31.5 Å². The number of sulfonamides is 1. The van der Waals surface area contributed by atoms with Gasteiger partial charge in [0.1, 0.15) is 0 Å². The SMILES string of the molecule is CCC(=O)C1=C(CCC(O)CC)CN(S(=O)(=O)c2ccc(C)cc2)C1. The molecule has 0 radical (unpaired) electrons. The van der Waals surface area contributed by atoms with E-state index in [0.717, 1.165) is 11.1 Å². The maximum Gasteiger partial charge on any atom is 0.243 e. The summed E-state index contributed by atoms with van der Waals surface area (Å²) < 4.78 is 27.1. The van der Waals surface area contributed by atoms with E-state index in [9.17, 15) is 18.3 Å². The van der Waals surface area contributed by atoms with Gasteiger partial charge < -0.3 is 5.11 Å². The molecule has 5 nitrogen and oxygen atoms in total. The van der Waals surface area contributed by atoms with Crippen molar-refractivity contribution in [3.63, 3.8) is 0 Å². The fourth-order valence-corrected chi connectivity index (χ4v) is 4.36. The normalized spacial score (nSPS) is 17.1. The minimum atomic E-state index is -3.63. The molecule has 0 saturated carbocycles. The van der Waals surface area contributed by atoms with Crippen molar-refractivity contribution in [3.05, 3.63) is 41.0 Å². The van der Waals surface area contributed by atoms with E-state index in [0.29, 0.717) is 31.3 Å². The molecule has 0 spiro atoms. The van der Waals surface area contributed by atoms with Gasteiger partial charge in [-0.3, -0.25) is 4.79 Å². The number of nitrogens with zero attached hydrogens (tertiary/aromatic N) is 1. The predicted octanol–water partition coefficient (Wildman–Crippen LogP) is 2.83. The number of benzene rings is 1. The van der Waals surface area contributed by atoms with Crippen molar-refractivity contribution >= 4 is 15.8 Å². The van der Waals surface area contributed by atoms with E-state index in [2.05, 4.69) is 0 Å². The Balaban J connectivity index is 2.23. The fourth-order valence-electron chi connectivity index (χ4n) is 2.96. The molecular weight excluding hydrogens is 338 g/mol. The first-order chi connectivity index (χ1) is 11.8. The summed E-state index contributed by atoms with van der Waals surface area (Å²) in [5.41, 5.74) is 2.44. The molecule has 1 aliphatic rings. The predicted molar refractivity (Wildman–Crippen MR) is 97.8 cm³/mol. The highest BCUT2D eigenvalue weighted by molar-refractivity contribution is 7.89. The lowest BCUT2D eigenvalue weighted by molar-refractivity contribution is -0.115. The molecule has 0 aliphatic carbocycles. The summed E-state index contributed by atoms with van der Waals surface area (Å²) in [5.74, 6) is -0.0115. The van der Waals surface area contributed by atoms with Crippen molar-refractivity contribution in [1.29, 1.82) is 0 Å². The number of Topliss-reactive ketones (excluding diaryl/α,β-unsaturated/α-hetero) is 1. The van der Waals surface area contributed by atoms with Crippen LogP contribution in [-0.4, -0.2) is 42.8 Å². The molecular formula is C19H27NO4S. The molecule has 1 aromatic carbocycles. The average molecular weight is 365 g/mol. The van der Waals surface area contributed by atoms with Crippen LogP contribution < -0.4 is 0 Å². The van der Waals surface area contributed by atoms with Crippen LogP contribution >= 0.6 is 0 Å². The molecule has 25 heavy (non-hydrogen) atoms. The van der Waals surface area contributed by atoms with Crippen molar-refractivity contribution in [2.24, 2.45) is 0 Å². The number of hydrogen-bond acceptors (Lipinski definition) is 4. The average Bonchev–Trinajstić information content (AvgIpc) is 3.04. The molecule has 0 fully saturated rings. The van der Waals surface area contributed by atoms with E-state index in [4.69, 9.17) is 0 Å². The van der Waals surface area contributed by atoms with E-state index in [1.54, 1.807) is 31.2 Å². The molecule has 0 aromatic heterocycles. The lowest BCUT2D eigenvalue weighted by Gasteiger charge is -2.17. The molecule has 0 saturated heterocycles. The highest BCUT2D eigenvalue weighted by Gasteiger charge is 2.34. The molecule has 0 amide bonds. The maximum atomic E-state index is 12.9. The first-order valence-electron chi connectivity index (χ1n) is 8.78. The molecule has 6 heteroatoms. The molecule has 1 aromatic rings. The summed E-state index contributed by atoms with van der Waals surface area (Å²) >= 11 is 0. The third kappa shape index (κ3) is 4.57. The zero-order chi connectivity index (χ0) is 18.6. The number of carbonyl (C=O) groups is 1. The van der Waals surface area contributed by atoms with E-state index in [1.165, 1.54) is 4.31 Å². The van der Waals surface area contributed by atoms with Crippen LogP contribution in [0, 0.1) is 6.92 Å². The summed E-state index contributed by atoms with van der Waals surface area (Å²) in [4.78, 5) is 12.5. The smallest absolute Gasteiger partial charge is 0.243 e. The van der Waals surface area contributed by atoms with Crippen molar-refractivity contribution in [2.45, 2.75) is 57.5 Å². The number of carbonyl (C=O) groups excluding carboxylic acids is 1. The van der Waals surface area contributed by atoms with Crippen LogP contribution in [0.15, 0.2) is 40.3 Å². The number of aliphatic hydroxyl groups excluding tert-OH is 1. The van der Waals surface area contributed by atoms with Gasteiger partial charge in [-0.15, -0.1) is 0 Å². The zero-order valence-corrected chi connectivity index (χ0v) is 16.0. The third-order valence-corrected chi connectivity index (χ3v) is 6.50. The van der Waals surface area contributed by atoms with Crippen LogP contribution in [0.5, 0.6) is 0 Å². The first-order valence-corrected chi connectivity index (χ1v) is 10.2. The number of ketones is 1. The summed E-state index contributed by atoms with van der Waals surface area (Å²) in [6, 6.07) is 6.75. The van der Waals surface area contributed by atoms with Crippen LogP contribution in [-0.2, 0) is 14.8 Å². The topological polar surface area (TPSA) is 74.7 Å². The highest BCUT2D eigenvalue weighted by Crippen LogP contribution is 2.29. The van der Waals surface area contributed by atoms with Gasteiger partial charge in [0.05, 0.1) is 11.0 Å². The second-order valence-corrected chi connectivity index (χ2v) is 8.48. The zero-order valence-electron chi connectivity index (χ0n) is 15.2. The standard InChI is InChI=1S/C19H27NO4S/c1-4-16(21)9-8-15-12-20(13-18(15)19(22)5-2)25(23,24)17-10-6-14(3)7-11-17/h6-7,10-11,16,21H,4-5,8-9,12-13H2,1-3H3. The van der Waals surface area contributed by atoms with Crippen molar-refractivity contribution in [1.82, 2.24) is 4.31 Å². The van der Waals surface area contributed by atoms with Gasteiger partial charge >= 0.3 is 0 Å². The minimum absolute atomic E-state index is 0.0115. The van der Waals surface area contributed by atoms with Gasteiger partial charge in [0, 0.05) is 25.1 Å². The quantitative estimate of drug-likeness (QED) is 0.769. The fraction of sp³-hybridized carbons (Fsp3) is 0.526. The van der Waals surface area contributed by atoms with E-state index < -0.39 is 16.1 Å². The van der Waals surface area contributed by atoms with Gasteiger partial charge in [0.2, 0.25) is 10.0 Å². The van der Waals surface area contributed by atoms with Crippen LogP contribution in [0.1, 0.15) is 45.1 Å². The molecule has 1 N–H and O–H groups in total. The summed E-state index contributed by atoms with van der Waals surface area (Å²) in [6.07, 6.45) is 1.68. The Morgan fingerprint density at radius 1 is 1.20 bits per heavy atom. The van der Waals surface area contributed by atoms with Gasteiger partial charge in [-0.2, -0.15) is 4.31 Å². The maximum absolute atomic E-state index is 12.9. The highest BCUT2D eigenvalue weighted by atomic mass is 32.2. The van der Waals surface area contributed by atoms with E-state index >= 15 is 0 Å². The molecule has 1 atom stereocenters. The molecule has 1 unspecified atom stereocenters. The van der Waals surface area contributed by atoms with E-state index in [-0.39, 0.29) is 23.8 Å². The Kier molecular flexibility index (Phi) is 6.54. The minimum Gasteiger partial charge on any atom is -0.393 e. The largest absolute Gasteiger partial charge is 0.393 e. The monoisotopic (exact) mass is 365 g/mol. The van der Waals surface area contributed by atoms with Gasteiger partial charge in [0.25, 0.3) is 0 Å². The Labute approximate surface area is 150 Å². The van der Waals surface area contributed by atoms with Crippen LogP contribution in [0.2, 0.25) is 0 Å². The third-order valence-electron chi connectivity index (χ3n) is 4.70. The number of aryl methyl sites for hydroxylation is 1. The van der Waals surface area contributed by atoms with Crippen LogP contribution in [0.4, 0.5) is 0 Å². The molecule has 0 bridgehead atoms. The second-order valence-electron chi connectivity index (χ2n) is 6.55. The lowest BCUT2D eigenvalue weighted by Crippen LogP contribution is -2.30. The summed E-state index contributed by atoms with van der Waals surface area (Å²) in [5, 5.41) is 9.79. The molecule has 1 aliphatic heterocycles. The van der Waals surface area contributed by atoms with Gasteiger partial charge in [-0.25, -0.2) is 8.42 Å². The van der Waals surface area contributed by atoms with E-state index in [1.807, 2.05) is 13.8 Å². The molecule has 138 valence electrons. The van der Waals surface area contributed by atoms with Crippen LogP contribution in [0.25, 0.3) is 0 Å². The first kappa shape index (κ1) is 19.8. The Morgan fingerprint density at radius 3 is 2.40 bits per heavy atom. The van der Waals surface area contributed by atoms with Crippen LogP contribution in [0.3, 0.4) is 0 Å². The summed E-state index contributed by atoms with van der Waals surface area (Å²) in [7, 11) is -3.63. The molecule has 2 rings (SSSR count).